The fourth-order valence-corrected chi connectivity index (χ4v) is 0.169. The van der Waals surface area contributed by atoms with Gasteiger partial charge in [0.15, 0.2) is 0 Å². The molecule has 0 amide bonds. The van der Waals surface area contributed by atoms with E-state index in [0.717, 1.165) is 13.1 Å². The Balaban J connectivity index is -0.0000000347. The molecule has 7 nitrogen and oxygen atoms in total. The molecule has 14 heavy (non-hydrogen) atoms. The van der Waals surface area contributed by atoms with Crippen LogP contribution < -0.4 is 6.15 Å². The molecule has 0 unspecified atom stereocenters. The average molecular weight is 252 g/mol. The molecule has 8 heteroatoms. The van der Waals surface area contributed by atoms with Crippen molar-refractivity contribution in [2.24, 2.45) is 4.99 Å². The van der Waals surface area contributed by atoms with Crippen LogP contribution in [-0.4, -0.2) is 40.4 Å². The first-order chi connectivity index (χ1) is 5.00. The number of rotatable bonds is 2. The minimum Gasteiger partial charge on any atom is -0.481 e. The molecule has 0 radical (unpaired) electrons. The third-order valence-corrected chi connectivity index (χ3v) is 0.384. The molecule has 0 aliphatic rings. The van der Waals surface area contributed by atoms with E-state index in [-0.39, 0.29) is 28.7 Å². The van der Waals surface area contributed by atoms with Gasteiger partial charge in [0.2, 0.25) is 0 Å². The first-order valence-electron chi connectivity index (χ1n) is 2.93. The minimum absolute atomic E-state index is 0. The molecule has 0 heterocycles. The molecule has 0 aromatic heterocycles. The summed E-state index contributed by atoms with van der Waals surface area (Å²) in [6.45, 7) is 3.39. The van der Waals surface area contributed by atoms with E-state index in [1.165, 1.54) is 0 Å². The van der Waals surface area contributed by atoms with E-state index in [9.17, 15) is 4.79 Å². The minimum atomic E-state index is -0.984. The first-order valence-corrected chi connectivity index (χ1v) is 2.93. The van der Waals surface area contributed by atoms with Crippen LogP contribution in [0.1, 0.15) is 13.8 Å². The second kappa shape index (κ2) is 22.7. The Morgan fingerprint density at radius 2 is 1.64 bits per heavy atom. The summed E-state index contributed by atoms with van der Waals surface area (Å²) in [4.78, 5) is 22.1. The van der Waals surface area contributed by atoms with Gasteiger partial charge in [-0.1, -0.05) is 0 Å². The number of hydrogen-bond donors (Lipinski definition) is 3. The number of carboxylic acids is 2. The summed E-state index contributed by atoms with van der Waals surface area (Å²) in [7, 11) is 0. The van der Waals surface area contributed by atoms with Gasteiger partial charge in [-0.2, -0.15) is 0 Å². The van der Waals surface area contributed by atoms with Crippen LogP contribution in [0, 0.1) is 0 Å². The molecule has 0 aliphatic heterocycles. The van der Waals surface area contributed by atoms with Crippen LogP contribution in [0.2, 0.25) is 0 Å². The Kier molecular flexibility index (Phi) is 47.4. The van der Waals surface area contributed by atoms with Gasteiger partial charge in [0.25, 0.3) is 5.97 Å². The van der Waals surface area contributed by atoms with Crippen LogP contribution in [0.25, 0.3) is 0 Å². The van der Waals surface area contributed by atoms with Crippen LogP contribution in [0.4, 0.5) is 0 Å². The Morgan fingerprint density at radius 1 is 1.36 bits per heavy atom. The van der Waals surface area contributed by atoms with Crippen molar-refractivity contribution in [2.75, 3.05) is 6.54 Å². The van der Waals surface area contributed by atoms with E-state index in [1.807, 2.05) is 0 Å². The largest absolute Gasteiger partial charge is 0.481 e. The SMILES string of the molecule is CC(=O)O.CCN=CC(=O)O.N.O.[Fe]. The summed E-state index contributed by atoms with van der Waals surface area (Å²) >= 11 is 0. The molecule has 0 atom stereocenters. The van der Waals surface area contributed by atoms with Gasteiger partial charge in [0, 0.05) is 30.5 Å². The summed E-state index contributed by atoms with van der Waals surface area (Å²) < 4.78 is 0. The average Bonchev–Trinajstić information content (AvgIpc) is 1.82. The zero-order valence-electron chi connectivity index (χ0n) is 8.00. The van der Waals surface area contributed by atoms with Crippen LogP contribution >= 0.6 is 0 Å². The zero-order valence-corrected chi connectivity index (χ0v) is 9.11. The number of hydrogen-bond acceptors (Lipinski definition) is 4. The smallest absolute Gasteiger partial charge is 0.346 e. The van der Waals surface area contributed by atoms with Crippen molar-refractivity contribution in [3.05, 3.63) is 0 Å². The number of nitrogens with zero attached hydrogens (tertiary/aromatic N) is 1. The molecule has 0 fully saturated rings. The number of aliphatic carboxylic acids is 2. The Hall–Kier alpha value is -0.951. The molecule has 0 aromatic carbocycles. The maximum atomic E-state index is 9.61. The van der Waals surface area contributed by atoms with Gasteiger partial charge in [-0.3, -0.25) is 9.79 Å². The Bertz CT molecular complexity index is 158. The monoisotopic (exact) mass is 252 g/mol. The fourth-order valence-electron chi connectivity index (χ4n) is 0.169. The normalized spacial score (nSPS) is 6.71. The van der Waals surface area contributed by atoms with Crippen molar-refractivity contribution in [2.45, 2.75) is 13.8 Å². The standard InChI is InChI=1S/C4H7NO2.C2H4O2.Fe.H3N.H2O/c1-2-5-3-4(6)7;1-2(3)4;;;/h3H,2H2,1H3,(H,6,7);1H3,(H,3,4);;1H3;1H2. The van der Waals surface area contributed by atoms with Crippen molar-refractivity contribution >= 4 is 18.2 Å². The molecule has 0 aromatic rings. The first kappa shape index (κ1) is 29.2. The molecular weight excluding hydrogens is 236 g/mol. The van der Waals surface area contributed by atoms with Crippen molar-refractivity contribution in [1.82, 2.24) is 6.15 Å². The van der Waals surface area contributed by atoms with Crippen LogP contribution in [0.15, 0.2) is 4.99 Å². The molecule has 0 bridgehead atoms. The van der Waals surface area contributed by atoms with Gasteiger partial charge in [-0.15, -0.1) is 0 Å². The molecular formula is C6H16FeN2O5. The predicted octanol–water partition coefficient (Wildman–Crippen LogP) is -0.413. The summed E-state index contributed by atoms with van der Waals surface area (Å²) in [5.41, 5.74) is 0. The molecule has 0 aliphatic carbocycles. The topological polar surface area (TPSA) is 153 Å². The Labute approximate surface area is 92.6 Å². The number of aliphatic imine (C=N–C) groups is 1. The van der Waals surface area contributed by atoms with Gasteiger partial charge >= 0.3 is 5.97 Å². The molecule has 0 saturated carbocycles. The third kappa shape index (κ3) is 120. The quantitative estimate of drug-likeness (QED) is 0.450. The predicted molar refractivity (Wildman–Crippen MR) is 48.6 cm³/mol. The summed E-state index contributed by atoms with van der Waals surface area (Å²) in [6, 6.07) is 0. The number of carbonyl (C=O) groups is 2. The third-order valence-electron chi connectivity index (χ3n) is 0.384. The van der Waals surface area contributed by atoms with Gasteiger partial charge in [-0.05, 0) is 6.92 Å². The van der Waals surface area contributed by atoms with Crippen molar-refractivity contribution < 1.29 is 42.3 Å². The summed E-state index contributed by atoms with van der Waals surface area (Å²) in [5.74, 6) is -1.82. The molecule has 88 valence electrons. The van der Waals surface area contributed by atoms with Crippen molar-refractivity contribution in [3.63, 3.8) is 0 Å². The van der Waals surface area contributed by atoms with Crippen LogP contribution in [0.5, 0.6) is 0 Å². The molecule has 0 spiro atoms. The van der Waals surface area contributed by atoms with Gasteiger partial charge in [-0.25, -0.2) is 4.79 Å². The number of carboxylic acid groups (broad SMARTS) is 2. The van der Waals surface area contributed by atoms with Gasteiger partial charge in [0.05, 0.1) is 0 Å². The van der Waals surface area contributed by atoms with Crippen LogP contribution in [0.3, 0.4) is 0 Å². The van der Waals surface area contributed by atoms with E-state index in [4.69, 9.17) is 15.0 Å². The molecule has 0 rings (SSSR count). The van der Waals surface area contributed by atoms with E-state index >= 15 is 0 Å². The summed E-state index contributed by atoms with van der Waals surface area (Å²) in [6.07, 6.45) is 0.889. The van der Waals surface area contributed by atoms with Gasteiger partial charge in [0.1, 0.15) is 6.21 Å². The second-order valence-corrected chi connectivity index (χ2v) is 1.49. The fraction of sp³-hybridized carbons (Fsp3) is 0.500. The van der Waals surface area contributed by atoms with Gasteiger partial charge < -0.3 is 21.8 Å². The van der Waals surface area contributed by atoms with Crippen molar-refractivity contribution in [1.29, 1.82) is 0 Å². The second-order valence-electron chi connectivity index (χ2n) is 1.49. The van der Waals surface area contributed by atoms with Crippen molar-refractivity contribution in [3.8, 4) is 0 Å². The van der Waals surface area contributed by atoms with E-state index < -0.39 is 11.9 Å². The van der Waals surface area contributed by atoms with Crippen LogP contribution in [-0.2, 0) is 26.7 Å². The summed E-state index contributed by atoms with van der Waals surface area (Å²) in [5, 5.41) is 15.3. The maximum Gasteiger partial charge on any atom is 0.346 e. The zero-order chi connectivity index (χ0) is 9.28. The molecule has 7 N–H and O–H groups in total. The van der Waals surface area contributed by atoms with E-state index in [2.05, 4.69) is 4.99 Å². The van der Waals surface area contributed by atoms with E-state index in [1.54, 1.807) is 6.92 Å². The Morgan fingerprint density at radius 3 is 1.71 bits per heavy atom. The maximum absolute atomic E-state index is 9.61. The molecule has 0 saturated heterocycles. The van der Waals surface area contributed by atoms with E-state index in [0.29, 0.717) is 6.54 Å².